The predicted molar refractivity (Wildman–Crippen MR) is 63.3 cm³/mol. The van der Waals surface area contributed by atoms with Crippen LogP contribution in [0.1, 0.15) is 23.7 Å². The number of rotatable bonds is 3. The Kier molecular flexibility index (Phi) is 3.01. The number of aromatic nitrogens is 1. The van der Waals surface area contributed by atoms with Gasteiger partial charge in [-0.1, -0.05) is 18.5 Å². The Labute approximate surface area is 99.2 Å². The number of nitrogens with zero attached hydrogens (tertiary/aromatic N) is 1. The van der Waals surface area contributed by atoms with Gasteiger partial charge in [0.2, 0.25) is 0 Å². The van der Waals surface area contributed by atoms with Gasteiger partial charge in [-0.3, -0.25) is 4.79 Å². The van der Waals surface area contributed by atoms with E-state index in [1.54, 1.807) is 6.07 Å². The minimum Gasteiger partial charge on any atom is -0.397 e. The van der Waals surface area contributed by atoms with Gasteiger partial charge in [0.05, 0.1) is 17.4 Å². The molecule has 1 amide bonds. The predicted octanol–water partition coefficient (Wildman–Crippen LogP) is 1.70. The van der Waals surface area contributed by atoms with Crippen LogP contribution in [0.5, 0.6) is 0 Å². The zero-order valence-corrected chi connectivity index (χ0v) is 9.79. The van der Waals surface area contributed by atoms with E-state index in [9.17, 15) is 4.79 Å². The van der Waals surface area contributed by atoms with E-state index in [0.717, 1.165) is 5.92 Å². The third-order valence-electron chi connectivity index (χ3n) is 2.91. The number of pyridine rings is 1. The van der Waals surface area contributed by atoms with Gasteiger partial charge in [0.25, 0.3) is 5.91 Å². The first-order chi connectivity index (χ1) is 7.58. The Bertz CT molecular complexity index is 422. The Morgan fingerprint density at radius 2 is 2.44 bits per heavy atom. The van der Waals surface area contributed by atoms with E-state index in [2.05, 4.69) is 17.2 Å². The molecule has 2 atom stereocenters. The quantitative estimate of drug-likeness (QED) is 0.789. The van der Waals surface area contributed by atoms with Gasteiger partial charge in [0, 0.05) is 6.54 Å². The zero-order chi connectivity index (χ0) is 11.7. The van der Waals surface area contributed by atoms with E-state index in [1.165, 1.54) is 12.6 Å². The molecule has 1 aliphatic rings. The lowest BCUT2D eigenvalue weighted by Gasteiger charge is -2.06. The maximum atomic E-state index is 11.8. The van der Waals surface area contributed by atoms with Crippen molar-refractivity contribution >= 4 is 23.2 Å². The largest absolute Gasteiger partial charge is 0.397 e. The van der Waals surface area contributed by atoms with Gasteiger partial charge in [0.15, 0.2) is 0 Å². The Morgan fingerprint density at radius 3 is 3.06 bits per heavy atom. The van der Waals surface area contributed by atoms with Crippen LogP contribution in [0, 0.1) is 11.8 Å². The molecule has 0 aromatic carbocycles. The molecule has 0 saturated heterocycles. The number of carbonyl (C=O) groups excluding carboxylic acids is 1. The van der Waals surface area contributed by atoms with Crippen molar-refractivity contribution in [1.29, 1.82) is 0 Å². The topological polar surface area (TPSA) is 68.0 Å². The molecule has 1 saturated carbocycles. The van der Waals surface area contributed by atoms with Crippen molar-refractivity contribution in [3.8, 4) is 0 Å². The third kappa shape index (κ3) is 2.44. The highest BCUT2D eigenvalue weighted by atomic mass is 35.5. The van der Waals surface area contributed by atoms with E-state index in [-0.39, 0.29) is 11.1 Å². The number of nitrogens with two attached hydrogens (primary N) is 1. The second-order valence-electron chi connectivity index (χ2n) is 4.29. The monoisotopic (exact) mass is 239 g/mol. The molecule has 0 bridgehead atoms. The number of nitrogens with one attached hydrogen (secondary N) is 1. The normalized spacial score (nSPS) is 22.9. The van der Waals surface area contributed by atoms with Crippen molar-refractivity contribution in [1.82, 2.24) is 10.3 Å². The minimum atomic E-state index is -0.205. The molecule has 86 valence electrons. The molecule has 3 N–H and O–H groups in total. The first-order valence-corrected chi connectivity index (χ1v) is 5.65. The highest BCUT2D eigenvalue weighted by molar-refractivity contribution is 6.32. The molecule has 1 aromatic heterocycles. The number of hydrogen-bond acceptors (Lipinski definition) is 3. The minimum absolute atomic E-state index is 0.190. The van der Waals surface area contributed by atoms with E-state index in [1.807, 2.05) is 0 Å². The molecular weight excluding hydrogens is 226 g/mol. The first kappa shape index (κ1) is 11.2. The molecular formula is C11H14ClN3O. The Morgan fingerprint density at radius 1 is 1.75 bits per heavy atom. The van der Waals surface area contributed by atoms with Crippen LogP contribution in [0.3, 0.4) is 0 Å². The number of anilines is 1. The summed E-state index contributed by atoms with van der Waals surface area (Å²) in [6.07, 6.45) is 2.62. The van der Waals surface area contributed by atoms with Crippen LogP contribution in [-0.4, -0.2) is 17.4 Å². The summed E-state index contributed by atoms with van der Waals surface area (Å²) in [6.45, 7) is 2.87. The summed E-state index contributed by atoms with van der Waals surface area (Å²) in [6, 6.07) is 1.54. The number of halogens is 1. The summed E-state index contributed by atoms with van der Waals surface area (Å²) in [5.74, 6) is 1.12. The first-order valence-electron chi connectivity index (χ1n) is 5.27. The summed E-state index contributed by atoms with van der Waals surface area (Å²) in [5, 5.41) is 3.03. The van der Waals surface area contributed by atoms with E-state index in [0.29, 0.717) is 23.7 Å². The summed E-state index contributed by atoms with van der Waals surface area (Å²) in [5.41, 5.74) is 6.34. The lowest BCUT2D eigenvalue weighted by molar-refractivity contribution is 0.0951. The van der Waals surface area contributed by atoms with E-state index >= 15 is 0 Å². The average Bonchev–Trinajstić information content (AvgIpc) is 2.95. The van der Waals surface area contributed by atoms with Gasteiger partial charge in [-0.25, -0.2) is 4.98 Å². The molecule has 2 rings (SSSR count). The average molecular weight is 240 g/mol. The van der Waals surface area contributed by atoms with Gasteiger partial charge >= 0.3 is 0 Å². The van der Waals surface area contributed by atoms with Crippen molar-refractivity contribution in [2.45, 2.75) is 13.3 Å². The number of hydrogen-bond donors (Lipinski definition) is 2. The lowest BCUT2D eigenvalue weighted by Crippen LogP contribution is -2.26. The SMILES string of the molecule is CC1CC1CNC(=O)c1cc(N)cnc1Cl. The van der Waals surface area contributed by atoms with Gasteiger partial charge in [-0.2, -0.15) is 0 Å². The molecule has 16 heavy (non-hydrogen) atoms. The van der Waals surface area contributed by atoms with Crippen molar-refractivity contribution in [3.63, 3.8) is 0 Å². The van der Waals surface area contributed by atoms with Crippen molar-refractivity contribution < 1.29 is 4.79 Å². The fourth-order valence-corrected chi connectivity index (χ4v) is 1.82. The van der Waals surface area contributed by atoms with Crippen LogP contribution in [0.25, 0.3) is 0 Å². The molecule has 2 unspecified atom stereocenters. The molecule has 1 aliphatic carbocycles. The van der Waals surface area contributed by atoms with Gasteiger partial charge in [-0.05, 0) is 24.3 Å². The summed E-state index contributed by atoms with van der Waals surface area (Å²) in [7, 11) is 0. The van der Waals surface area contributed by atoms with E-state index in [4.69, 9.17) is 17.3 Å². The highest BCUT2D eigenvalue weighted by Crippen LogP contribution is 2.36. The second kappa shape index (κ2) is 4.29. The molecule has 1 fully saturated rings. The Hall–Kier alpha value is -1.29. The third-order valence-corrected chi connectivity index (χ3v) is 3.21. The van der Waals surface area contributed by atoms with Crippen molar-refractivity contribution in [2.24, 2.45) is 11.8 Å². The van der Waals surface area contributed by atoms with Crippen LogP contribution >= 0.6 is 11.6 Å². The van der Waals surface area contributed by atoms with Gasteiger partial charge in [-0.15, -0.1) is 0 Å². The standard InChI is InChI=1S/C11H14ClN3O/c1-6-2-7(6)4-15-11(16)9-3-8(13)5-14-10(9)12/h3,5-7H,2,4,13H2,1H3,(H,15,16). The molecule has 0 aliphatic heterocycles. The number of nitrogen functional groups attached to an aromatic ring is 1. The summed E-state index contributed by atoms with van der Waals surface area (Å²) >= 11 is 5.82. The maximum Gasteiger partial charge on any atom is 0.254 e. The van der Waals surface area contributed by atoms with E-state index < -0.39 is 0 Å². The van der Waals surface area contributed by atoms with Crippen LogP contribution in [-0.2, 0) is 0 Å². The van der Waals surface area contributed by atoms with Gasteiger partial charge in [0.1, 0.15) is 5.15 Å². The number of carbonyl (C=O) groups is 1. The summed E-state index contributed by atoms with van der Waals surface area (Å²) in [4.78, 5) is 15.6. The fourth-order valence-electron chi connectivity index (χ4n) is 1.63. The maximum absolute atomic E-state index is 11.8. The van der Waals surface area contributed by atoms with Crippen molar-refractivity contribution in [3.05, 3.63) is 23.0 Å². The molecule has 5 heteroatoms. The molecule has 1 aromatic rings. The Balaban J connectivity index is 1.99. The molecule has 1 heterocycles. The number of amides is 1. The molecule has 4 nitrogen and oxygen atoms in total. The summed E-state index contributed by atoms with van der Waals surface area (Å²) < 4.78 is 0. The van der Waals surface area contributed by atoms with Crippen LogP contribution in [0.4, 0.5) is 5.69 Å². The van der Waals surface area contributed by atoms with Crippen LogP contribution < -0.4 is 11.1 Å². The van der Waals surface area contributed by atoms with Crippen molar-refractivity contribution in [2.75, 3.05) is 12.3 Å². The molecule has 0 radical (unpaired) electrons. The lowest BCUT2D eigenvalue weighted by atomic mass is 10.2. The van der Waals surface area contributed by atoms with Crippen LogP contribution in [0.15, 0.2) is 12.3 Å². The highest BCUT2D eigenvalue weighted by Gasteiger charge is 2.32. The zero-order valence-electron chi connectivity index (χ0n) is 9.03. The smallest absolute Gasteiger partial charge is 0.254 e. The second-order valence-corrected chi connectivity index (χ2v) is 4.65. The molecule has 0 spiro atoms. The fraction of sp³-hybridized carbons (Fsp3) is 0.455. The van der Waals surface area contributed by atoms with Gasteiger partial charge < -0.3 is 11.1 Å². The van der Waals surface area contributed by atoms with Crippen LogP contribution in [0.2, 0.25) is 5.15 Å².